The van der Waals surface area contributed by atoms with Gasteiger partial charge in [-0.25, -0.2) is 0 Å². The third kappa shape index (κ3) is 6.66. The fraction of sp³-hybridized carbons (Fsp3) is 0.350. The largest absolute Gasteiger partial charge is 0.466 e. The van der Waals surface area contributed by atoms with E-state index in [4.69, 9.17) is 4.74 Å². The molecule has 0 aliphatic carbocycles. The Labute approximate surface area is 138 Å². The lowest BCUT2D eigenvalue weighted by Crippen LogP contribution is -2.24. The maximum atomic E-state index is 11.5. The van der Waals surface area contributed by atoms with Gasteiger partial charge in [-0.3, -0.25) is 9.69 Å². The van der Waals surface area contributed by atoms with E-state index in [1.807, 2.05) is 19.1 Å². The van der Waals surface area contributed by atoms with Crippen molar-refractivity contribution in [3.8, 4) is 0 Å². The van der Waals surface area contributed by atoms with E-state index in [0.29, 0.717) is 13.0 Å². The topological polar surface area (TPSA) is 29.5 Å². The molecule has 0 spiro atoms. The highest BCUT2D eigenvalue weighted by molar-refractivity contribution is 5.69. The highest BCUT2D eigenvalue weighted by Crippen LogP contribution is 2.11. The first kappa shape index (κ1) is 17.2. The summed E-state index contributed by atoms with van der Waals surface area (Å²) in [6.07, 6.45) is 1.30. The number of nitrogens with zero attached hydrogens (tertiary/aromatic N) is 1. The molecule has 0 radical (unpaired) electrons. The van der Waals surface area contributed by atoms with Gasteiger partial charge in [0.25, 0.3) is 0 Å². The van der Waals surface area contributed by atoms with Crippen LogP contribution in [0, 0.1) is 0 Å². The zero-order valence-electron chi connectivity index (χ0n) is 13.8. The van der Waals surface area contributed by atoms with E-state index >= 15 is 0 Å². The maximum absolute atomic E-state index is 11.5. The van der Waals surface area contributed by atoms with E-state index in [1.54, 1.807) is 0 Å². The van der Waals surface area contributed by atoms with Gasteiger partial charge in [0.15, 0.2) is 0 Å². The van der Waals surface area contributed by atoms with Gasteiger partial charge < -0.3 is 4.74 Å². The average Bonchev–Trinajstić information content (AvgIpc) is 2.57. The van der Waals surface area contributed by atoms with Gasteiger partial charge in [0, 0.05) is 19.5 Å². The van der Waals surface area contributed by atoms with Crippen molar-refractivity contribution in [1.82, 2.24) is 4.90 Å². The van der Waals surface area contributed by atoms with Crippen molar-refractivity contribution < 1.29 is 9.53 Å². The molecule has 2 aromatic rings. The molecule has 0 N–H and O–H groups in total. The minimum atomic E-state index is -0.105. The van der Waals surface area contributed by atoms with Crippen molar-refractivity contribution in [1.29, 1.82) is 0 Å². The molecule has 0 aromatic heterocycles. The Morgan fingerprint density at radius 1 is 0.913 bits per heavy atom. The van der Waals surface area contributed by atoms with Gasteiger partial charge in [-0.05, 0) is 31.0 Å². The van der Waals surface area contributed by atoms with Gasteiger partial charge in [-0.15, -0.1) is 0 Å². The van der Waals surface area contributed by atoms with Crippen LogP contribution in [0.4, 0.5) is 0 Å². The molecular weight excluding hydrogens is 286 g/mol. The summed E-state index contributed by atoms with van der Waals surface area (Å²) in [5, 5.41) is 0. The highest BCUT2D eigenvalue weighted by Gasteiger charge is 2.09. The third-order valence-electron chi connectivity index (χ3n) is 3.66. The molecule has 0 saturated carbocycles. The fourth-order valence-electron chi connectivity index (χ4n) is 2.58. The number of benzene rings is 2. The number of carbonyl (C=O) groups excluding carboxylic acids is 1. The fourth-order valence-corrected chi connectivity index (χ4v) is 2.58. The summed E-state index contributed by atoms with van der Waals surface area (Å²) < 4.78 is 5.00. The Hall–Kier alpha value is -2.13. The Bertz CT molecular complexity index is 527. The van der Waals surface area contributed by atoms with Crippen LogP contribution in [0.5, 0.6) is 0 Å². The maximum Gasteiger partial charge on any atom is 0.305 e. The van der Waals surface area contributed by atoms with Crippen LogP contribution in [0.1, 0.15) is 30.9 Å². The molecule has 0 saturated heterocycles. The van der Waals surface area contributed by atoms with Gasteiger partial charge in [-0.2, -0.15) is 0 Å². The number of hydrogen-bond acceptors (Lipinski definition) is 3. The molecule has 2 aromatic carbocycles. The van der Waals surface area contributed by atoms with E-state index in [-0.39, 0.29) is 5.97 Å². The molecule has 23 heavy (non-hydrogen) atoms. The number of hydrogen-bond donors (Lipinski definition) is 0. The van der Waals surface area contributed by atoms with Gasteiger partial charge >= 0.3 is 5.97 Å². The Morgan fingerprint density at radius 3 is 1.91 bits per heavy atom. The summed E-state index contributed by atoms with van der Waals surface area (Å²) in [5.74, 6) is -0.105. The van der Waals surface area contributed by atoms with Gasteiger partial charge in [0.1, 0.15) is 0 Å². The first-order chi connectivity index (χ1) is 11.3. The molecule has 0 aliphatic rings. The van der Waals surface area contributed by atoms with Gasteiger partial charge in [0.2, 0.25) is 0 Å². The summed E-state index contributed by atoms with van der Waals surface area (Å²) in [4.78, 5) is 13.9. The Morgan fingerprint density at radius 2 is 1.43 bits per heavy atom. The SMILES string of the molecule is CCOC(=O)CCCN(Cc1ccccc1)Cc1ccccc1. The van der Waals surface area contributed by atoms with Crippen LogP contribution < -0.4 is 0 Å². The lowest BCUT2D eigenvalue weighted by atomic mass is 10.1. The molecule has 3 nitrogen and oxygen atoms in total. The van der Waals surface area contributed by atoms with Gasteiger partial charge in [0.05, 0.1) is 6.61 Å². The summed E-state index contributed by atoms with van der Waals surface area (Å²) in [7, 11) is 0. The van der Waals surface area contributed by atoms with Crippen LogP contribution in [-0.4, -0.2) is 24.0 Å². The van der Waals surface area contributed by atoms with Crippen molar-refractivity contribution in [3.63, 3.8) is 0 Å². The zero-order valence-corrected chi connectivity index (χ0v) is 13.8. The van der Waals surface area contributed by atoms with Crippen LogP contribution >= 0.6 is 0 Å². The van der Waals surface area contributed by atoms with Crippen molar-refractivity contribution >= 4 is 5.97 Å². The van der Waals surface area contributed by atoms with Crippen LogP contribution in [0.2, 0.25) is 0 Å². The third-order valence-corrected chi connectivity index (χ3v) is 3.66. The van der Waals surface area contributed by atoms with Crippen LogP contribution in [0.3, 0.4) is 0 Å². The normalized spacial score (nSPS) is 10.7. The molecular formula is C20H25NO2. The standard InChI is InChI=1S/C20H25NO2/c1-2-23-20(22)14-9-15-21(16-18-10-5-3-6-11-18)17-19-12-7-4-8-13-19/h3-8,10-13H,2,9,14-17H2,1H3. The van der Waals surface area contributed by atoms with Crippen molar-refractivity contribution in [2.75, 3.05) is 13.2 Å². The summed E-state index contributed by atoms with van der Waals surface area (Å²) in [6.45, 7) is 4.95. The number of ether oxygens (including phenoxy) is 1. The smallest absolute Gasteiger partial charge is 0.305 e. The summed E-state index contributed by atoms with van der Waals surface area (Å²) >= 11 is 0. The Kier molecular flexibility index (Phi) is 7.34. The monoisotopic (exact) mass is 311 g/mol. The predicted octanol–water partition coefficient (Wildman–Crippen LogP) is 4.03. The van der Waals surface area contributed by atoms with E-state index in [0.717, 1.165) is 26.1 Å². The lowest BCUT2D eigenvalue weighted by molar-refractivity contribution is -0.143. The molecule has 0 heterocycles. The van der Waals surface area contributed by atoms with E-state index in [2.05, 4.69) is 53.4 Å². The van der Waals surface area contributed by atoms with E-state index in [1.165, 1.54) is 11.1 Å². The first-order valence-corrected chi connectivity index (χ1v) is 8.23. The molecule has 0 unspecified atom stereocenters. The van der Waals surface area contributed by atoms with Crippen LogP contribution in [0.15, 0.2) is 60.7 Å². The zero-order chi connectivity index (χ0) is 16.3. The molecule has 0 aliphatic heterocycles. The number of carbonyl (C=O) groups is 1. The average molecular weight is 311 g/mol. The molecule has 122 valence electrons. The van der Waals surface area contributed by atoms with Gasteiger partial charge in [-0.1, -0.05) is 60.7 Å². The van der Waals surface area contributed by atoms with Crippen molar-refractivity contribution in [2.24, 2.45) is 0 Å². The minimum absolute atomic E-state index is 0.105. The number of rotatable bonds is 9. The second-order valence-electron chi connectivity index (χ2n) is 5.59. The van der Waals surface area contributed by atoms with E-state index < -0.39 is 0 Å². The van der Waals surface area contributed by atoms with Crippen LogP contribution in [-0.2, 0) is 22.6 Å². The molecule has 0 atom stereocenters. The van der Waals surface area contributed by atoms with Crippen molar-refractivity contribution in [2.45, 2.75) is 32.9 Å². The second kappa shape index (κ2) is 9.80. The van der Waals surface area contributed by atoms with E-state index in [9.17, 15) is 4.79 Å². The lowest BCUT2D eigenvalue weighted by Gasteiger charge is -2.22. The predicted molar refractivity (Wildman–Crippen MR) is 92.9 cm³/mol. The highest BCUT2D eigenvalue weighted by atomic mass is 16.5. The minimum Gasteiger partial charge on any atom is -0.466 e. The van der Waals surface area contributed by atoms with Crippen LogP contribution in [0.25, 0.3) is 0 Å². The summed E-state index contributed by atoms with van der Waals surface area (Å²) in [6, 6.07) is 20.9. The molecule has 0 amide bonds. The number of esters is 1. The molecule has 3 heteroatoms. The quantitative estimate of drug-likeness (QED) is 0.655. The second-order valence-corrected chi connectivity index (χ2v) is 5.59. The molecule has 0 bridgehead atoms. The molecule has 2 rings (SSSR count). The summed E-state index contributed by atoms with van der Waals surface area (Å²) in [5.41, 5.74) is 2.58. The molecule has 0 fully saturated rings. The van der Waals surface area contributed by atoms with Crippen molar-refractivity contribution in [3.05, 3.63) is 71.8 Å². The first-order valence-electron chi connectivity index (χ1n) is 8.23. The Balaban J connectivity index is 1.92.